The summed E-state index contributed by atoms with van der Waals surface area (Å²) in [6, 6.07) is 0.693. The summed E-state index contributed by atoms with van der Waals surface area (Å²) in [5.74, 6) is 0. The summed E-state index contributed by atoms with van der Waals surface area (Å²) in [6.45, 7) is 6.91. The Kier molecular flexibility index (Phi) is 4.62. The van der Waals surface area contributed by atoms with Crippen LogP contribution in [-0.4, -0.2) is 39.0 Å². The molecule has 2 fully saturated rings. The lowest BCUT2D eigenvalue weighted by atomic mass is 10.0. The van der Waals surface area contributed by atoms with Gasteiger partial charge in [0.2, 0.25) is 0 Å². The third-order valence-electron chi connectivity index (χ3n) is 3.92. The van der Waals surface area contributed by atoms with Crippen LogP contribution in [0.15, 0.2) is 0 Å². The molecule has 0 radical (unpaired) electrons. The molecule has 0 atom stereocenters. The molecule has 0 unspecified atom stereocenters. The lowest BCUT2D eigenvalue weighted by molar-refractivity contribution is 0.0749. The summed E-state index contributed by atoms with van der Waals surface area (Å²) < 4.78 is 10.8. The average Bonchev–Trinajstić information content (AvgIpc) is 3.09. The van der Waals surface area contributed by atoms with Gasteiger partial charge in [-0.1, -0.05) is 0 Å². The van der Waals surface area contributed by atoms with Crippen LogP contribution in [0.2, 0.25) is 0 Å². The fourth-order valence-electron chi connectivity index (χ4n) is 2.39. The van der Waals surface area contributed by atoms with Crippen LogP contribution in [0.25, 0.3) is 0 Å². The van der Waals surface area contributed by atoms with E-state index in [0.29, 0.717) is 11.5 Å². The van der Waals surface area contributed by atoms with Crippen molar-refractivity contribution in [1.29, 1.82) is 0 Å². The highest BCUT2D eigenvalue weighted by Crippen LogP contribution is 2.48. The van der Waals surface area contributed by atoms with E-state index < -0.39 is 0 Å². The molecule has 1 saturated heterocycles. The van der Waals surface area contributed by atoms with Gasteiger partial charge in [-0.05, 0) is 44.4 Å². The molecule has 3 heteroatoms. The van der Waals surface area contributed by atoms with Crippen LogP contribution < -0.4 is 5.32 Å². The first-order valence-electron chi connectivity index (χ1n) is 6.73. The van der Waals surface area contributed by atoms with E-state index >= 15 is 0 Å². The number of rotatable bonds is 7. The standard InChI is InChI=1S/C13H25NO2/c1-2-15-10-7-13(5-6-13)11-14-12-3-8-16-9-4-12/h12,14H,2-11H2,1H3. The predicted molar refractivity (Wildman–Crippen MR) is 64.6 cm³/mol. The SMILES string of the molecule is CCOCCC1(CNC2CCOCC2)CC1. The molecule has 0 amide bonds. The Labute approximate surface area is 98.9 Å². The van der Waals surface area contributed by atoms with Gasteiger partial charge in [0.1, 0.15) is 0 Å². The fourth-order valence-corrected chi connectivity index (χ4v) is 2.39. The van der Waals surface area contributed by atoms with Crippen molar-refractivity contribution in [3.8, 4) is 0 Å². The molecular weight excluding hydrogens is 202 g/mol. The summed E-state index contributed by atoms with van der Waals surface area (Å²) in [6.07, 6.45) is 6.37. The minimum Gasteiger partial charge on any atom is -0.382 e. The molecule has 1 heterocycles. The Morgan fingerprint density at radius 3 is 2.69 bits per heavy atom. The summed E-state index contributed by atoms with van der Waals surface area (Å²) in [5.41, 5.74) is 0.577. The van der Waals surface area contributed by atoms with Crippen LogP contribution in [0.5, 0.6) is 0 Å². The molecule has 0 bridgehead atoms. The van der Waals surface area contributed by atoms with Gasteiger partial charge in [0.15, 0.2) is 0 Å². The topological polar surface area (TPSA) is 30.5 Å². The van der Waals surface area contributed by atoms with Crippen molar-refractivity contribution >= 4 is 0 Å². The van der Waals surface area contributed by atoms with Gasteiger partial charge in [0.25, 0.3) is 0 Å². The van der Waals surface area contributed by atoms with E-state index in [1.54, 1.807) is 0 Å². The van der Waals surface area contributed by atoms with E-state index in [4.69, 9.17) is 9.47 Å². The molecule has 16 heavy (non-hydrogen) atoms. The quantitative estimate of drug-likeness (QED) is 0.674. The van der Waals surface area contributed by atoms with Gasteiger partial charge in [-0.15, -0.1) is 0 Å². The molecule has 0 aromatic heterocycles. The van der Waals surface area contributed by atoms with Gasteiger partial charge in [-0.25, -0.2) is 0 Å². The van der Waals surface area contributed by atoms with Crippen LogP contribution >= 0.6 is 0 Å². The Morgan fingerprint density at radius 2 is 2.06 bits per heavy atom. The van der Waals surface area contributed by atoms with Crippen LogP contribution in [0, 0.1) is 5.41 Å². The Morgan fingerprint density at radius 1 is 1.31 bits per heavy atom. The lowest BCUT2D eigenvalue weighted by Gasteiger charge is -2.26. The third kappa shape index (κ3) is 3.72. The summed E-state index contributed by atoms with van der Waals surface area (Å²) in [5, 5.41) is 3.72. The van der Waals surface area contributed by atoms with Crippen molar-refractivity contribution in [3.63, 3.8) is 0 Å². The zero-order chi connectivity index (χ0) is 11.3. The highest BCUT2D eigenvalue weighted by Gasteiger charge is 2.41. The molecule has 0 aromatic rings. The van der Waals surface area contributed by atoms with Crippen molar-refractivity contribution in [2.24, 2.45) is 5.41 Å². The monoisotopic (exact) mass is 227 g/mol. The van der Waals surface area contributed by atoms with E-state index in [0.717, 1.165) is 26.4 Å². The third-order valence-corrected chi connectivity index (χ3v) is 3.92. The van der Waals surface area contributed by atoms with E-state index in [-0.39, 0.29) is 0 Å². The van der Waals surface area contributed by atoms with Crippen molar-refractivity contribution in [1.82, 2.24) is 5.32 Å². The second-order valence-corrected chi connectivity index (χ2v) is 5.21. The molecule has 1 aliphatic carbocycles. The Hall–Kier alpha value is -0.120. The minimum absolute atomic E-state index is 0.577. The molecule has 2 rings (SSSR count). The molecule has 0 spiro atoms. The van der Waals surface area contributed by atoms with E-state index in [9.17, 15) is 0 Å². The van der Waals surface area contributed by atoms with Gasteiger partial charge < -0.3 is 14.8 Å². The van der Waals surface area contributed by atoms with Crippen LogP contribution in [-0.2, 0) is 9.47 Å². The van der Waals surface area contributed by atoms with Gasteiger partial charge in [-0.3, -0.25) is 0 Å². The van der Waals surface area contributed by atoms with Crippen LogP contribution in [0.4, 0.5) is 0 Å². The van der Waals surface area contributed by atoms with Gasteiger partial charge in [0, 0.05) is 39.0 Å². The second-order valence-electron chi connectivity index (χ2n) is 5.21. The van der Waals surface area contributed by atoms with E-state index in [1.165, 1.54) is 38.6 Å². The summed E-state index contributed by atoms with van der Waals surface area (Å²) in [4.78, 5) is 0. The van der Waals surface area contributed by atoms with E-state index in [1.807, 2.05) is 0 Å². The first kappa shape index (κ1) is 12.3. The van der Waals surface area contributed by atoms with E-state index in [2.05, 4.69) is 12.2 Å². The van der Waals surface area contributed by atoms with Crippen molar-refractivity contribution in [2.75, 3.05) is 33.0 Å². The largest absolute Gasteiger partial charge is 0.382 e. The Balaban J connectivity index is 1.60. The molecule has 3 nitrogen and oxygen atoms in total. The minimum atomic E-state index is 0.577. The maximum atomic E-state index is 5.45. The molecule has 0 aromatic carbocycles. The van der Waals surface area contributed by atoms with Crippen LogP contribution in [0.3, 0.4) is 0 Å². The highest BCUT2D eigenvalue weighted by atomic mass is 16.5. The lowest BCUT2D eigenvalue weighted by Crippen LogP contribution is -2.38. The summed E-state index contributed by atoms with van der Waals surface area (Å²) >= 11 is 0. The molecule has 94 valence electrons. The van der Waals surface area contributed by atoms with Gasteiger partial charge in [0.05, 0.1) is 0 Å². The van der Waals surface area contributed by atoms with Crippen molar-refractivity contribution in [2.45, 2.75) is 45.1 Å². The maximum absolute atomic E-state index is 5.45. The highest BCUT2D eigenvalue weighted by molar-refractivity contribution is 4.95. The first-order valence-corrected chi connectivity index (χ1v) is 6.73. The number of hydrogen-bond donors (Lipinski definition) is 1. The normalized spacial score (nSPS) is 24.6. The molecular formula is C13H25NO2. The van der Waals surface area contributed by atoms with Crippen LogP contribution in [0.1, 0.15) is 39.0 Å². The second kappa shape index (κ2) is 5.99. The van der Waals surface area contributed by atoms with Gasteiger partial charge >= 0.3 is 0 Å². The number of ether oxygens (including phenoxy) is 2. The molecule has 1 aliphatic heterocycles. The molecule has 1 saturated carbocycles. The zero-order valence-electron chi connectivity index (χ0n) is 10.5. The predicted octanol–water partition coefficient (Wildman–Crippen LogP) is 1.96. The smallest absolute Gasteiger partial charge is 0.0480 e. The Bertz CT molecular complexity index is 198. The number of nitrogens with one attached hydrogen (secondary N) is 1. The number of hydrogen-bond acceptors (Lipinski definition) is 3. The molecule has 1 N–H and O–H groups in total. The maximum Gasteiger partial charge on any atom is 0.0480 e. The summed E-state index contributed by atoms with van der Waals surface area (Å²) in [7, 11) is 0. The zero-order valence-corrected chi connectivity index (χ0v) is 10.5. The molecule has 2 aliphatic rings. The van der Waals surface area contributed by atoms with Crippen molar-refractivity contribution < 1.29 is 9.47 Å². The average molecular weight is 227 g/mol. The van der Waals surface area contributed by atoms with Crippen molar-refractivity contribution in [3.05, 3.63) is 0 Å². The first-order chi connectivity index (χ1) is 7.85. The van der Waals surface area contributed by atoms with Gasteiger partial charge in [-0.2, -0.15) is 0 Å². The fraction of sp³-hybridized carbons (Fsp3) is 1.00.